The zero-order valence-electron chi connectivity index (χ0n) is 8.04. The van der Waals surface area contributed by atoms with E-state index in [9.17, 15) is 14.9 Å². The average Bonchev–Trinajstić information content (AvgIpc) is 2.15. The van der Waals surface area contributed by atoms with E-state index in [2.05, 4.69) is 0 Å². The van der Waals surface area contributed by atoms with E-state index in [0.29, 0.717) is 0 Å². The average molecular weight is 220 g/mol. The Morgan fingerprint density at radius 2 is 1.93 bits per heavy atom. The molecule has 0 aliphatic heterocycles. The summed E-state index contributed by atoms with van der Waals surface area (Å²) >= 11 is 0. The van der Waals surface area contributed by atoms with Gasteiger partial charge in [-0.25, -0.2) is 4.79 Å². The Morgan fingerprint density at radius 3 is 2.33 bits per heavy atom. The van der Waals surface area contributed by atoms with Crippen LogP contribution in [0, 0.1) is 10.1 Å². The molecular weight excluding hydrogens is 213 g/mol. The molecule has 0 fully saturated rings. The molecule has 0 heterocycles. The quantitative estimate of drug-likeness (QED) is 0.362. The van der Waals surface area contributed by atoms with Gasteiger partial charge in [-0.2, -0.15) is 0 Å². The second-order valence-electron chi connectivity index (χ2n) is 2.43. The van der Waals surface area contributed by atoms with Crippen LogP contribution < -0.4 is 34.3 Å². The minimum absolute atomic E-state index is 0. The van der Waals surface area contributed by atoms with Crippen molar-refractivity contribution < 1.29 is 49.1 Å². The monoisotopic (exact) mass is 220 g/mol. The molecule has 6 nitrogen and oxygen atoms in total. The Hall–Kier alpha value is -1.11. The maximum Gasteiger partial charge on any atom is 1.00 e. The third kappa shape index (κ3) is 4.78. The van der Waals surface area contributed by atoms with Gasteiger partial charge >= 0.3 is 35.5 Å². The van der Waals surface area contributed by atoms with E-state index in [1.165, 1.54) is 24.3 Å². The number of hydrogen-bond donors (Lipinski definition) is 1. The first-order valence-corrected chi connectivity index (χ1v) is 3.68. The number of aliphatic carboxylic acids is 1. The van der Waals surface area contributed by atoms with Gasteiger partial charge in [0, 0.05) is 12.1 Å². The minimum atomic E-state index is -1.09. The number of nitro benzene ring substituents is 1. The zero-order chi connectivity index (χ0) is 10.6. The van der Waals surface area contributed by atoms with Crippen molar-refractivity contribution in [2.45, 2.75) is 0 Å². The summed E-state index contributed by atoms with van der Waals surface area (Å²) in [5.41, 5.74) is -0.0623. The van der Waals surface area contributed by atoms with Gasteiger partial charge in [-0.3, -0.25) is 10.1 Å². The molecule has 0 radical (unpaired) electrons. The van der Waals surface area contributed by atoms with Crippen molar-refractivity contribution in [1.29, 1.82) is 0 Å². The molecule has 0 unspecified atom stereocenters. The van der Waals surface area contributed by atoms with Crippen molar-refractivity contribution in [2.75, 3.05) is 6.61 Å². The summed E-state index contributed by atoms with van der Waals surface area (Å²) in [5, 5.41) is 18.5. The predicted octanol–water partition coefficient (Wildman–Crippen LogP) is -1.94. The van der Waals surface area contributed by atoms with E-state index in [0.717, 1.165) is 0 Å². The summed E-state index contributed by atoms with van der Waals surface area (Å²) in [7, 11) is 0. The number of non-ortho nitro benzene ring substituents is 1. The van der Waals surface area contributed by atoms with Crippen molar-refractivity contribution in [1.82, 2.24) is 0 Å². The van der Waals surface area contributed by atoms with Crippen LogP contribution in [0.4, 0.5) is 5.69 Å². The Labute approximate surface area is 107 Å². The van der Waals surface area contributed by atoms with Gasteiger partial charge in [0.2, 0.25) is 0 Å². The van der Waals surface area contributed by atoms with Gasteiger partial charge in [0.25, 0.3) is 5.69 Å². The number of benzene rings is 1. The maximum absolute atomic E-state index is 10.2. The van der Waals surface area contributed by atoms with Crippen LogP contribution in [0.15, 0.2) is 24.3 Å². The normalized spacial score (nSPS) is 8.80. The van der Waals surface area contributed by atoms with Gasteiger partial charge in [0.05, 0.1) is 4.92 Å². The molecule has 1 aromatic carbocycles. The van der Waals surface area contributed by atoms with Gasteiger partial charge in [-0.15, -0.1) is 0 Å². The molecule has 15 heavy (non-hydrogen) atoms. The second kappa shape index (κ2) is 6.39. The van der Waals surface area contributed by atoms with Crippen molar-refractivity contribution >= 4 is 11.7 Å². The summed E-state index contributed by atoms with van der Waals surface area (Å²) in [6, 6.07) is 5.19. The first-order valence-electron chi connectivity index (χ1n) is 3.68. The molecule has 1 rings (SSSR count). The van der Waals surface area contributed by atoms with Crippen LogP contribution in [0.5, 0.6) is 5.75 Å². The first kappa shape index (κ1) is 13.9. The fourth-order valence-corrected chi connectivity index (χ4v) is 0.809. The number of carboxylic acids is 1. The summed E-state index contributed by atoms with van der Waals surface area (Å²) in [6.07, 6.45) is 0. The van der Waals surface area contributed by atoms with Gasteiger partial charge in [0.1, 0.15) is 5.75 Å². The Balaban J connectivity index is 0.00000196. The fourth-order valence-electron chi connectivity index (χ4n) is 0.809. The van der Waals surface area contributed by atoms with E-state index in [-0.39, 0.29) is 41.0 Å². The van der Waals surface area contributed by atoms with Gasteiger partial charge < -0.3 is 9.84 Å². The molecule has 1 aromatic rings. The van der Waals surface area contributed by atoms with E-state index >= 15 is 0 Å². The van der Waals surface area contributed by atoms with Crippen LogP contribution in [-0.4, -0.2) is 22.6 Å². The van der Waals surface area contributed by atoms with E-state index in [4.69, 9.17) is 9.84 Å². The molecule has 0 aliphatic carbocycles. The molecule has 7 heteroatoms. The fraction of sp³-hybridized carbons (Fsp3) is 0.125. The van der Waals surface area contributed by atoms with Crippen molar-refractivity contribution in [3.63, 3.8) is 0 Å². The third-order valence-electron chi connectivity index (χ3n) is 1.41. The van der Waals surface area contributed by atoms with Crippen LogP contribution in [0.2, 0.25) is 0 Å². The number of hydrogen-bond acceptors (Lipinski definition) is 4. The molecule has 1 N–H and O–H groups in total. The van der Waals surface area contributed by atoms with Gasteiger partial charge in [-0.05, 0) is 12.1 Å². The summed E-state index contributed by atoms with van der Waals surface area (Å²) in [6.45, 7) is -0.461. The molecule has 0 aliphatic rings. The molecule has 0 spiro atoms. The standard InChI is InChI=1S/C8H7NO5.Na/c10-8(11)5-14-7-3-1-6(2-4-7)9(12)13;/h1-4H,5H2,(H,10,11);/q;+1. The topological polar surface area (TPSA) is 89.7 Å². The zero-order valence-corrected chi connectivity index (χ0v) is 10.0. The molecule has 74 valence electrons. The number of rotatable bonds is 4. The molecule has 0 saturated carbocycles. The van der Waals surface area contributed by atoms with Crippen LogP contribution >= 0.6 is 0 Å². The minimum Gasteiger partial charge on any atom is -0.482 e. The van der Waals surface area contributed by atoms with E-state index in [1.54, 1.807) is 0 Å². The van der Waals surface area contributed by atoms with Crippen LogP contribution in [0.1, 0.15) is 0 Å². The van der Waals surface area contributed by atoms with Crippen LogP contribution in [-0.2, 0) is 4.79 Å². The van der Waals surface area contributed by atoms with Crippen molar-refractivity contribution in [3.05, 3.63) is 34.4 Å². The summed E-state index contributed by atoms with van der Waals surface area (Å²) in [4.78, 5) is 19.8. The molecule has 0 saturated heterocycles. The number of ether oxygens (including phenoxy) is 1. The van der Waals surface area contributed by atoms with Crippen molar-refractivity contribution in [2.24, 2.45) is 0 Å². The number of carboxylic acid groups (broad SMARTS) is 1. The third-order valence-corrected chi connectivity index (χ3v) is 1.41. The van der Waals surface area contributed by atoms with E-state index < -0.39 is 17.5 Å². The van der Waals surface area contributed by atoms with Crippen LogP contribution in [0.25, 0.3) is 0 Å². The Morgan fingerprint density at radius 1 is 1.40 bits per heavy atom. The predicted molar refractivity (Wildman–Crippen MR) is 46.2 cm³/mol. The number of nitro groups is 1. The molecular formula is C8H7NNaO5+. The Kier molecular flexibility index (Phi) is 5.92. The van der Waals surface area contributed by atoms with E-state index in [1.807, 2.05) is 0 Å². The Bertz CT molecular complexity index is 351. The molecule has 0 bridgehead atoms. The molecule has 0 aromatic heterocycles. The SMILES string of the molecule is O=C(O)COc1ccc([N+](=O)[O-])cc1.[Na+]. The molecule has 0 amide bonds. The smallest absolute Gasteiger partial charge is 0.482 e. The van der Waals surface area contributed by atoms with Crippen molar-refractivity contribution in [3.8, 4) is 5.75 Å². The summed E-state index contributed by atoms with van der Waals surface area (Å²) < 4.78 is 4.78. The second-order valence-corrected chi connectivity index (χ2v) is 2.43. The largest absolute Gasteiger partial charge is 1.00 e. The van der Waals surface area contributed by atoms with Gasteiger partial charge in [0.15, 0.2) is 6.61 Å². The number of carbonyl (C=O) groups is 1. The van der Waals surface area contributed by atoms with Crippen LogP contribution in [0.3, 0.4) is 0 Å². The maximum atomic E-state index is 10.2. The van der Waals surface area contributed by atoms with Gasteiger partial charge in [-0.1, -0.05) is 0 Å². The molecule has 0 atom stereocenters. The first-order chi connectivity index (χ1) is 6.59. The summed E-state index contributed by atoms with van der Waals surface area (Å²) in [5.74, 6) is -0.804. The number of nitrogens with zero attached hydrogens (tertiary/aromatic N) is 1.